The maximum atomic E-state index is 2.47. The van der Waals surface area contributed by atoms with Crippen LogP contribution in [0.1, 0.15) is 38.8 Å². The Morgan fingerprint density at radius 2 is 0.960 bits per heavy atom. The normalized spacial score (nSPS) is 11.0. The summed E-state index contributed by atoms with van der Waals surface area (Å²) in [7, 11) is 0. The Kier molecular flexibility index (Phi) is 9.11. The summed E-state index contributed by atoms with van der Waals surface area (Å²) in [5, 5.41) is 5.04. The van der Waals surface area contributed by atoms with Crippen LogP contribution in [0.4, 0.5) is 0 Å². The third kappa shape index (κ3) is 5.29. The Morgan fingerprint density at radius 1 is 0.380 bits per heavy atom. The molecule has 2 heteroatoms. The molecule has 0 N–H and O–H groups in total. The number of hydrogen-bond donors (Lipinski definition) is 0. The molecule has 0 saturated heterocycles. The molecule has 0 aliphatic heterocycles. The molecule has 2 aromatic heterocycles. The smallest absolute Gasteiger partial charge is 0.0810 e. The van der Waals surface area contributed by atoms with Crippen molar-refractivity contribution in [2.75, 3.05) is 0 Å². The largest absolute Gasteiger partial charge is 0.307 e. The highest BCUT2D eigenvalue weighted by atomic mass is 15.1. The fourth-order valence-electron chi connectivity index (χ4n) is 7.51. The van der Waals surface area contributed by atoms with Gasteiger partial charge in [0.1, 0.15) is 0 Å². The van der Waals surface area contributed by atoms with Crippen LogP contribution in [0.3, 0.4) is 0 Å². The Bertz CT molecular complexity index is 2580. The molecule has 0 atom stereocenters. The van der Waals surface area contributed by atoms with Gasteiger partial charge in [-0.05, 0) is 94.4 Å². The van der Waals surface area contributed by atoms with E-state index in [9.17, 15) is 0 Å². The van der Waals surface area contributed by atoms with E-state index >= 15 is 0 Å². The number of rotatable bonds is 4. The molecule has 0 aliphatic carbocycles. The fraction of sp³-hybridized carbons (Fsp3) is 0.125. The first-order valence-electron chi connectivity index (χ1n) is 18.0. The maximum Gasteiger partial charge on any atom is 0.0810 e. The van der Waals surface area contributed by atoms with Crippen molar-refractivity contribution in [3.05, 3.63) is 169 Å². The third-order valence-corrected chi connectivity index (χ3v) is 9.68. The van der Waals surface area contributed by atoms with E-state index in [1.807, 2.05) is 27.7 Å². The van der Waals surface area contributed by atoms with E-state index in [2.05, 4.69) is 181 Å². The monoisotopic (exact) mass is 648 g/mol. The number of aromatic nitrogens is 2. The summed E-state index contributed by atoms with van der Waals surface area (Å²) in [5.41, 5.74) is 14.9. The van der Waals surface area contributed by atoms with E-state index in [-0.39, 0.29) is 0 Å². The predicted octanol–water partition coefficient (Wildman–Crippen LogP) is 13.9. The molecule has 0 unspecified atom stereocenters. The molecule has 9 rings (SSSR count). The van der Waals surface area contributed by atoms with Gasteiger partial charge in [-0.3, -0.25) is 0 Å². The Hall–Kier alpha value is -5.86. The van der Waals surface area contributed by atoms with Gasteiger partial charge in [-0.15, -0.1) is 0 Å². The van der Waals surface area contributed by atoms with Crippen molar-refractivity contribution >= 4 is 43.6 Å². The summed E-state index contributed by atoms with van der Waals surface area (Å²) in [6.45, 7) is 12.4. The van der Waals surface area contributed by atoms with Gasteiger partial charge in [0.2, 0.25) is 0 Å². The lowest BCUT2D eigenvalue weighted by Gasteiger charge is -2.15. The second-order valence-corrected chi connectivity index (χ2v) is 12.2. The van der Waals surface area contributed by atoms with Crippen LogP contribution in [0, 0.1) is 13.8 Å². The number of hydrogen-bond acceptors (Lipinski definition) is 0. The zero-order chi connectivity index (χ0) is 34.8. The van der Waals surface area contributed by atoms with Gasteiger partial charge in [0, 0.05) is 22.1 Å². The van der Waals surface area contributed by atoms with Gasteiger partial charge in [-0.1, -0.05) is 149 Å². The van der Waals surface area contributed by atoms with Crippen LogP contribution < -0.4 is 0 Å². The van der Waals surface area contributed by atoms with Crippen LogP contribution in [0.15, 0.2) is 158 Å². The van der Waals surface area contributed by atoms with Crippen LogP contribution in [-0.2, 0) is 0 Å². The van der Waals surface area contributed by atoms with E-state index < -0.39 is 0 Å². The number of aryl methyl sites for hydroxylation is 1. The quantitative estimate of drug-likeness (QED) is 0.180. The van der Waals surface area contributed by atoms with Gasteiger partial charge >= 0.3 is 0 Å². The van der Waals surface area contributed by atoms with Gasteiger partial charge in [-0.2, -0.15) is 0 Å². The summed E-state index contributed by atoms with van der Waals surface area (Å²) in [6.07, 6.45) is 0. The molecule has 0 aliphatic rings. The molecule has 7 aromatic carbocycles. The van der Waals surface area contributed by atoms with Crippen molar-refractivity contribution in [3.63, 3.8) is 0 Å². The van der Waals surface area contributed by atoms with Crippen LogP contribution in [0.2, 0.25) is 0 Å². The molecule has 246 valence electrons. The summed E-state index contributed by atoms with van der Waals surface area (Å²) < 4.78 is 4.92. The minimum Gasteiger partial charge on any atom is -0.307 e. The minimum absolute atomic E-state index is 1.16. The molecule has 0 saturated carbocycles. The van der Waals surface area contributed by atoms with Crippen molar-refractivity contribution in [2.24, 2.45) is 0 Å². The van der Waals surface area contributed by atoms with Gasteiger partial charge < -0.3 is 9.13 Å². The average molecular weight is 649 g/mol. The van der Waals surface area contributed by atoms with Crippen LogP contribution in [-0.4, -0.2) is 9.13 Å². The molecule has 0 spiro atoms. The van der Waals surface area contributed by atoms with Gasteiger partial charge in [-0.25, -0.2) is 0 Å². The average Bonchev–Trinajstić information content (AvgIpc) is 3.70. The Labute approximate surface area is 295 Å². The lowest BCUT2D eigenvalue weighted by molar-refractivity contribution is 1.17. The van der Waals surface area contributed by atoms with Crippen molar-refractivity contribution < 1.29 is 0 Å². The zero-order valence-electron chi connectivity index (χ0n) is 29.9. The molecule has 0 bridgehead atoms. The molecule has 50 heavy (non-hydrogen) atoms. The van der Waals surface area contributed by atoms with Crippen molar-refractivity contribution in [1.82, 2.24) is 9.13 Å². The molecular weight excluding hydrogens is 605 g/mol. The van der Waals surface area contributed by atoms with E-state index in [0.717, 1.165) is 5.69 Å². The SMILES string of the molecule is CC.CC.Cc1ccccc1-c1cccc(-c2ccc(-n3c4ccc5ccccc5c4c4c3c3ccccc3n4-c3ccccc3)cc2)c1C. The summed E-state index contributed by atoms with van der Waals surface area (Å²) in [5.74, 6) is 0. The first-order chi connectivity index (χ1) is 24.7. The Morgan fingerprint density at radius 3 is 1.72 bits per heavy atom. The minimum atomic E-state index is 1.16. The molecule has 0 radical (unpaired) electrons. The van der Waals surface area contributed by atoms with Gasteiger partial charge in [0.15, 0.2) is 0 Å². The molecule has 9 aromatic rings. The van der Waals surface area contributed by atoms with Crippen LogP contribution in [0.25, 0.3) is 77.2 Å². The summed E-state index contributed by atoms with van der Waals surface area (Å²) in [4.78, 5) is 0. The summed E-state index contributed by atoms with van der Waals surface area (Å²) >= 11 is 0. The van der Waals surface area contributed by atoms with Gasteiger partial charge in [0.25, 0.3) is 0 Å². The number of nitrogens with zero attached hydrogens (tertiary/aromatic N) is 2. The zero-order valence-corrected chi connectivity index (χ0v) is 29.9. The highest BCUT2D eigenvalue weighted by Crippen LogP contribution is 2.43. The van der Waals surface area contributed by atoms with E-state index in [1.54, 1.807) is 0 Å². The lowest BCUT2D eigenvalue weighted by Crippen LogP contribution is -1.95. The molecule has 2 heterocycles. The number of fused-ring (bicyclic) bond motifs is 7. The highest BCUT2D eigenvalue weighted by Gasteiger charge is 2.23. The third-order valence-electron chi connectivity index (χ3n) is 9.68. The van der Waals surface area contributed by atoms with Crippen molar-refractivity contribution in [1.29, 1.82) is 0 Å². The molecular formula is C48H44N2. The molecule has 2 nitrogen and oxygen atoms in total. The van der Waals surface area contributed by atoms with E-state index in [1.165, 1.54) is 82.7 Å². The van der Waals surface area contributed by atoms with Crippen molar-refractivity contribution in [2.45, 2.75) is 41.5 Å². The van der Waals surface area contributed by atoms with E-state index in [4.69, 9.17) is 0 Å². The Balaban J connectivity index is 0.000000948. The van der Waals surface area contributed by atoms with E-state index in [0.29, 0.717) is 0 Å². The second-order valence-electron chi connectivity index (χ2n) is 12.2. The number of para-hydroxylation sites is 2. The van der Waals surface area contributed by atoms with Crippen LogP contribution in [0.5, 0.6) is 0 Å². The van der Waals surface area contributed by atoms with Gasteiger partial charge in [0.05, 0.1) is 22.1 Å². The standard InChI is InChI=1S/C44H32N2.2C2H6/c1-29-13-6-8-17-35(29)37-21-12-20-36(30(37)2)32-23-26-34(27-24-32)46-41-28-25-31-14-7-9-18-38(31)42(41)44-43(46)39-19-10-11-22-40(39)45(44)33-15-4-3-5-16-33;2*1-2/h3-28H,1-2H3;2*1-2H3. The highest BCUT2D eigenvalue weighted by molar-refractivity contribution is 6.26. The predicted molar refractivity (Wildman–Crippen MR) is 218 cm³/mol. The number of benzene rings is 7. The van der Waals surface area contributed by atoms with Crippen LogP contribution >= 0.6 is 0 Å². The topological polar surface area (TPSA) is 9.86 Å². The second kappa shape index (κ2) is 13.9. The first kappa shape index (κ1) is 32.7. The maximum absolute atomic E-state index is 2.47. The fourth-order valence-corrected chi connectivity index (χ4v) is 7.51. The van der Waals surface area contributed by atoms with Crippen molar-refractivity contribution in [3.8, 4) is 33.6 Å². The lowest BCUT2D eigenvalue weighted by atomic mass is 9.91. The summed E-state index contributed by atoms with van der Waals surface area (Å²) in [6, 6.07) is 57.4. The molecule has 0 fully saturated rings. The first-order valence-corrected chi connectivity index (χ1v) is 18.0. The molecule has 0 amide bonds.